The van der Waals surface area contributed by atoms with E-state index in [4.69, 9.17) is 0 Å². The van der Waals surface area contributed by atoms with Crippen LogP contribution in [0.15, 0.2) is 24.3 Å². The Morgan fingerprint density at radius 1 is 1.42 bits per heavy atom. The van der Waals surface area contributed by atoms with Crippen molar-refractivity contribution in [3.63, 3.8) is 0 Å². The molecule has 104 valence electrons. The highest BCUT2D eigenvalue weighted by Crippen LogP contribution is 2.24. The summed E-state index contributed by atoms with van der Waals surface area (Å²) in [6, 6.07) is 8.39. The molecular weight excluding hydrogens is 236 g/mol. The zero-order valence-corrected chi connectivity index (χ0v) is 12.1. The summed E-state index contributed by atoms with van der Waals surface area (Å²) in [5.74, 6) is 0.139. The lowest BCUT2D eigenvalue weighted by molar-refractivity contribution is -0.128. The van der Waals surface area contributed by atoms with E-state index >= 15 is 0 Å². The molecule has 1 fully saturated rings. The Hall–Kier alpha value is -1.35. The quantitative estimate of drug-likeness (QED) is 0.874. The fourth-order valence-electron chi connectivity index (χ4n) is 2.74. The van der Waals surface area contributed by atoms with E-state index in [-0.39, 0.29) is 17.5 Å². The lowest BCUT2D eigenvalue weighted by Gasteiger charge is -2.28. The topological polar surface area (TPSA) is 41.1 Å². The summed E-state index contributed by atoms with van der Waals surface area (Å²) < 4.78 is 0. The molecule has 0 saturated carbocycles. The summed E-state index contributed by atoms with van der Waals surface area (Å²) >= 11 is 0. The monoisotopic (exact) mass is 260 g/mol. The first-order valence-corrected chi connectivity index (χ1v) is 7.20. The van der Waals surface area contributed by atoms with Crippen LogP contribution in [-0.2, 0) is 4.79 Å². The number of carbonyl (C=O) groups excluding carboxylic acids is 1. The van der Waals surface area contributed by atoms with Crippen LogP contribution < -0.4 is 10.6 Å². The number of hydrogen-bond acceptors (Lipinski definition) is 2. The smallest absolute Gasteiger partial charge is 0.240 e. The minimum Gasteiger partial charge on any atom is -0.348 e. The minimum atomic E-state index is -0.348. The Morgan fingerprint density at radius 2 is 2.11 bits per heavy atom. The van der Waals surface area contributed by atoms with E-state index in [9.17, 15) is 4.79 Å². The third-order valence-corrected chi connectivity index (χ3v) is 4.21. The van der Waals surface area contributed by atoms with E-state index in [1.54, 1.807) is 0 Å². The van der Waals surface area contributed by atoms with Crippen molar-refractivity contribution in [3.05, 3.63) is 35.4 Å². The van der Waals surface area contributed by atoms with Gasteiger partial charge in [-0.3, -0.25) is 4.79 Å². The molecule has 3 heteroatoms. The minimum absolute atomic E-state index is 0.0546. The maximum absolute atomic E-state index is 12.5. The summed E-state index contributed by atoms with van der Waals surface area (Å²) in [4.78, 5) is 12.5. The van der Waals surface area contributed by atoms with Gasteiger partial charge in [-0.25, -0.2) is 0 Å². The summed E-state index contributed by atoms with van der Waals surface area (Å²) in [7, 11) is 0. The van der Waals surface area contributed by atoms with Crippen LogP contribution in [0.4, 0.5) is 0 Å². The van der Waals surface area contributed by atoms with Crippen molar-refractivity contribution in [1.82, 2.24) is 10.6 Å². The molecule has 1 aliphatic rings. The van der Waals surface area contributed by atoms with Gasteiger partial charge < -0.3 is 10.6 Å². The van der Waals surface area contributed by atoms with Gasteiger partial charge in [-0.2, -0.15) is 0 Å². The number of aryl methyl sites for hydroxylation is 1. The molecule has 2 rings (SSSR count). The zero-order valence-electron chi connectivity index (χ0n) is 12.1. The van der Waals surface area contributed by atoms with Crippen LogP contribution in [0.3, 0.4) is 0 Å². The molecule has 1 aromatic rings. The molecule has 1 aromatic carbocycles. The van der Waals surface area contributed by atoms with Crippen LogP contribution in [0.1, 0.15) is 50.3 Å². The van der Waals surface area contributed by atoms with Gasteiger partial charge >= 0.3 is 0 Å². The molecule has 0 aromatic heterocycles. The molecular formula is C16H24N2O. The van der Waals surface area contributed by atoms with Gasteiger partial charge in [-0.15, -0.1) is 0 Å². The van der Waals surface area contributed by atoms with Crippen LogP contribution in [-0.4, -0.2) is 18.0 Å². The van der Waals surface area contributed by atoms with Gasteiger partial charge in [0, 0.05) is 0 Å². The molecule has 0 radical (unpaired) electrons. The highest BCUT2D eigenvalue weighted by Gasteiger charge is 2.39. The average molecular weight is 260 g/mol. The molecule has 3 nitrogen and oxygen atoms in total. The molecule has 2 atom stereocenters. The second-order valence-corrected chi connectivity index (χ2v) is 5.57. The number of rotatable bonds is 4. The second kappa shape index (κ2) is 5.74. The number of carbonyl (C=O) groups is 1. The van der Waals surface area contributed by atoms with Crippen molar-refractivity contribution in [2.45, 2.75) is 51.6 Å². The van der Waals surface area contributed by atoms with E-state index in [1.165, 1.54) is 5.56 Å². The maximum atomic E-state index is 12.5. The lowest BCUT2D eigenvalue weighted by Crippen LogP contribution is -2.53. The number of benzene rings is 1. The molecule has 0 bridgehead atoms. The average Bonchev–Trinajstić information content (AvgIpc) is 2.89. The summed E-state index contributed by atoms with van der Waals surface area (Å²) in [5, 5.41) is 6.52. The number of hydrogen-bond donors (Lipinski definition) is 2. The summed E-state index contributed by atoms with van der Waals surface area (Å²) in [5.41, 5.74) is 2.05. The summed E-state index contributed by atoms with van der Waals surface area (Å²) in [6.07, 6.45) is 2.87. The Morgan fingerprint density at radius 3 is 2.63 bits per heavy atom. The predicted molar refractivity (Wildman–Crippen MR) is 78.0 cm³/mol. The van der Waals surface area contributed by atoms with Gasteiger partial charge in [-0.1, -0.05) is 36.8 Å². The van der Waals surface area contributed by atoms with Crippen LogP contribution in [0.2, 0.25) is 0 Å². The molecule has 0 spiro atoms. The highest BCUT2D eigenvalue weighted by molar-refractivity contribution is 5.87. The Labute approximate surface area is 115 Å². The molecule has 1 unspecified atom stereocenters. The van der Waals surface area contributed by atoms with E-state index in [0.717, 1.165) is 31.4 Å². The van der Waals surface area contributed by atoms with Crippen molar-refractivity contribution in [2.75, 3.05) is 6.54 Å². The van der Waals surface area contributed by atoms with Crippen molar-refractivity contribution in [2.24, 2.45) is 0 Å². The standard InChI is InChI=1S/C16H24N2O/c1-4-16(10-5-11-17-16)15(19)18-13(3)14-8-6-12(2)7-9-14/h6-9,13,17H,4-5,10-11H2,1-3H3,(H,18,19)/t13-,16?/m1/s1. The summed E-state index contributed by atoms with van der Waals surface area (Å²) in [6.45, 7) is 7.14. The zero-order chi connectivity index (χ0) is 13.9. The van der Waals surface area contributed by atoms with Gasteiger partial charge in [0.1, 0.15) is 0 Å². The Balaban J connectivity index is 2.04. The van der Waals surface area contributed by atoms with Gasteiger partial charge in [0.15, 0.2) is 0 Å². The van der Waals surface area contributed by atoms with Gasteiger partial charge in [0.25, 0.3) is 0 Å². The van der Waals surface area contributed by atoms with E-state index < -0.39 is 0 Å². The van der Waals surface area contributed by atoms with Gasteiger partial charge in [0.05, 0.1) is 11.6 Å². The van der Waals surface area contributed by atoms with E-state index in [1.807, 2.05) is 6.92 Å². The normalized spacial score (nSPS) is 24.2. The lowest BCUT2D eigenvalue weighted by atomic mass is 9.92. The Kier molecular flexibility index (Phi) is 4.25. The molecule has 2 N–H and O–H groups in total. The molecule has 1 saturated heterocycles. The number of nitrogens with one attached hydrogen (secondary N) is 2. The molecule has 1 amide bonds. The second-order valence-electron chi connectivity index (χ2n) is 5.57. The molecule has 0 aliphatic carbocycles. The van der Waals surface area contributed by atoms with Crippen molar-refractivity contribution >= 4 is 5.91 Å². The first kappa shape index (κ1) is 14.1. The van der Waals surface area contributed by atoms with Crippen molar-refractivity contribution < 1.29 is 4.79 Å². The molecule has 19 heavy (non-hydrogen) atoms. The molecule has 1 heterocycles. The largest absolute Gasteiger partial charge is 0.348 e. The van der Waals surface area contributed by atoms with Crippen molar-refractivity contribution in [3.8, 4) is 0 Å². The van der Waals surface area contributed by atoms with Crippen LogP contribution in [0.25, 0.3) is 0 Å². The SMILES string of the molecule is CCC1(C(=O)N[C@H](C)c2ccc(C)cc2)CCCN1. The van der Waals surface area contributed by atoms with Crippen LogP contribution in [0.5, 0.6) is 0 Å². The van der Waals surface area contributed by atoms with Gasteiger partial charge in [0.2, 0.25) is 5.91 Å². The van der Waals surface area contributed by atoms with Crippen molar-refractivity contribution in [1.29, 1.82) is 0 Å². The Bertz CT molecular complexity index is 433. The first-order valence-electron chi connectivity index (χ1n) is 7.20. The fraction of sp³-hybridized carbons (Fsp3) is 0.562. The van der Waals surface area contributed by atoms with Crippen LogP contribution in [0, 0.1) is 6.92 Å². The van der Waals surface area contributed by atoms with Gasteiger partial charge in [-0.05, 0) is 45.2 Å². The fourth-order valence-corrected chi connectivity index (χ4v) is 2.74. The molecule has 1 aliphatic heterocycles. The predicted octanol–water partition coefficient (Wildman–Crippen LogP) is 2.70. The van der Waals surface area contributed by atoms with Crippen LogP contribution >= 0.6 is 0 Å². The van der Waals surface area contributed by atoms with E-state index in [0.29, 0.717) is 0 Å². The maximum Gasteiger partial charge on any atom is 0.240 e. The first-order chi connectivity index (χ1) is 9.07. The van der Waals surface area contributed by atoms with E-state index in [2.05, 4.69) is 48.7 Å². The highest BCUT2D eigenvalue weighted by atomic mass is 16.2. The third-order valence-electron chi connectivity index (χ3n) is 4.21. The number of amides is 1. The third kappa shape index (κ3) is 2.98.